The standard InChI is InChI=1S/C16H20N4O/c1-2-14-18-15(9-16(21)19-14)20-10-11(7-8-17)12-5-3-4-6-13(12)20/h3-6,9,11H,2,7-8,10,17H2,1H3,(H,18,19,21). The van der Waals surface area contributed by atoms with Crippen LogP contribution < -0.4 is 16.2 Å². The van der Waals surface area contributed by atoms with E-state index < -0.39 is 0 Å². The van der Waals surface area contributed by atoms with Crippen molar-refractivity contribution in [2.75, 3.05) is 18.0 Å². The van der Waals surface area contributed by atoms with Gasteiger partial charge in [0.05, 0.1) is 0 Å². The van der Waals surface area contributed by atoms with Crippen LogP contribution in [0.15, 0.2) is 35.1 Å². The fraction of sp³-hybridized carbons (Fsp3) is 0.375. The molecule has 5 heteroatoms. The summed E-state index contributed by atoms with van der Waals surface area (Å²) in [5.74, 6) is 1.84. The summed E-state index contributed by atoms with van der Waals surface area (Å²) in [4.78, 5) is 21.3. The molecule has 1 aliphatic heterocycles. The number of anilines is 2. The largest absolute Gasteiger partial charge is 0.330 e. The maximum atomic E-state index is 11.8. The molecule has 21 heavy (non-hydrogen) atoms. The van der Waals surface area contributed by atoms with E-state index in [0.717, 1.165) is 30.3 Å². The fourth-order valence-electron chi connectivity index (χ4n) is 2.96. The molecule has 3 N–H and O–H groups in total. The van der Waals surface area contributed by atoms with Crippen molar-refractivity contribution in [3.05, 3.63) is 52.1 Å². The SMILES string of the molecule is CCc1nc(N2CC(CCN)c3ccccc32)cc(=O)[nH]1. The van der Waals surface area contributed by atoms with Crippen molar-refractivity contribution in [3.8, 4) is 0 Å². The van der Waals surface area contributed by atoms with Crippen molar-refractivity contribution in [3.63, 3.8) is 0 Å². The van der Waals surface area contributed by atoms with E-state index in [4.69, 9.17) is 5.73 Å². The van der Waals surface area contributed by atoms with Gasteiger partial charge in [-0.2, -0.15) is 0 Å². The number of aromatic nitrogens is 2. The highest BCUT2D eigenvalue weighted by atomic mass is 16.1. The van der Waals surface area contributed by atoms with Gasteiger partial charge in [0.15, 0.2) is 0 Å². The molecule has 1 aromatic heterocycles. The Labute approximate surface area is 123 Å². The molecule has 0 amide bonds. The first kappa shape index (κ1) is 13.8. The quantitative estimate of drug-likeness (QED) is 0.899. The van der Waals surface area contributed by atoms with Gasteiger partial charge in [-0.25, -0.2) is 4.98 Å². The van der Waals surface area contributed by atoms with Crippen LogP contribution in [0.1, 0.15) is 30.7 Å². The maximum absolute atomic E-state index is 11.8. The van der Waals surface area contributed by atoms with Crippen molar-refractivity contribution in [1.29, 1.82) is 0 Å². The van der Waals surface area contributed by atoms with Crippen LogP contribution in [0.5, 0.6) is 0 Å². The fourth-order valence-corrected chi connectivity index (χ4v) is 2.96. The van der Waals surface area contributed by atoms with Gasteiger partial charge in [-0.1, -0.05) is 25.1 Å². The third-order valence-corrected chi connectivity index (χ3v) is 3.97. The Bertz CT molecular complexity index is 695. The molecule has 1 aromatic carbocycles. The van der Waals surface area contributed by atoms with Crippen LogP contribution in [-0.2, 0) is 6.42 Å². The summed E-state index contributed by atoms with van der Waals surface area (Å²) in [5, 5.41) is 0. The van der Waals surface area contributed by atoms with E-state index in [1.165, 1.54) is 5.56 Å². The zero-order valence-corrected chi connectivity index (χ0v) is 12.2. The first-order valence-electron chi connectivity index (χ1n) is 7.39. The van der Waals surface area contributed by atoms with Gasteiger partial charge in [0.25, 0.3) is 5.56 Å². The van der Waals surface area contributed by atoms with E-state index in [1.54, 1.807) is 6.07 Å². The van der Waals surface area contributed by atoms with Gasteiger partial charge in [-0.15, -0.1) is 0 Å². The molecular formula is C16H20N4O. The minimum Gasteiger partial charge on any atom is -0.330 e. The number of rotatable bonds is 4. The van der Waals surface area contributed by atoms with Gasteiger partial charge in [-0.05, 0) is 24.6 Å². The number of fused-ring (bicyclic) bond motifs is 1. The van der Waals surface area contributed by atoms with Crippen molar-refractivity contribution < 1.29 is 0 Å². The Kier molecular flexibility index (Phi) is 3.75. The molecule has 0 bridgehead atoms. The Morgan fingerprint density at radius 2 is 2.24 bits per heavy atom. The summed E-state index contributed by atoms with van der Waals surface area (Å²) in [7, 11) is 0. The molecule has 0 saturated carbocycles. The second-order valence-electron chi connectivity index (χ2n) is 5.35. The normalized spacial score (nSPS) is 17.0. The molecule has 0 saturated heterocycles. The summed E-state index contributed by atoms with van der Waals surface area (Å²) in [6.07, 6.45) is 1.65. The van der Waals surface area contributed by atoms with Crippen LogP contribution in [0.25, 0.3) is 0 Å². The molecule has 1 atom stereocenters. The lowest BCUT2D eigenvalue weighted by Gasteiger charge is -2.19. The Morgan fingerprint density at radius 3 is 3.00 bits per heavy atom. The molecule has 0 fully saturated rings. The minimum atomic E-state index is -0.100. The zero-order valence-electron chi connectivity index (χ0n) is 12.2. The number of hydrogen-bond donors (Lipinski definition) is 2. The van der Waals surface area contributed by atoms with Crippen LogP contribution in [0.2, 0.25) is 0 Å². The van der Waals surface area contributed by atoms with Gasteiger partial charge in [-0.3, -0.25) is 4.79 Å². The van der Waals surface area contributed by atoms with Crippen LogP contribution >= 0.6 is 0 Å². The average Bonchev–Trinajstić information content (AvgIpc) is 2.86. The number of nitrogens with one attached hydrogen (secondary N) is 1. The highest BCUT2D eigenvalue weighted by molar-refractivity contribution is 5.68. The molecule has 3 rings (SSSR count). The predicted molar refractivity (Wildman–Crippen MR) is 84.1 cm³/mol. The summed E-state index contributed by atoms with van der Waals surface area (Å²) in [5.41, 5.74) is 8.06. The molecule has 0 aliphatic carbocycles. The molecule has 1 unspecified atom stereocenters. The molecule has 1 aliphatic rings. The topological polar surface area (TPSA) is 75.0 Å². The first-order chi connectivity index (χ1) is 10.2. The number of nitrogens with two attached hydrogens (primary N) is 1. The van der Waals surface area contributed by atoms with Gasteiger partial charge < -0.3 is 15.6 Å². The predicted octanol–water partition coefficient (Wildman–Crippen LogP) is 1.92. The minimum absolute atomic E-state index is 0.100. The number of para-hydroxylation sites is 1. The van der Waals surface area contributed by atoms with Crippen LogP contribution in [0.3, 0.4) is 0 Å². The third-order valence-electron chi connectivity index (χ3n) is 3.97. The van der Waals surface area contributed by atoms with Crippen molar-refractivity contribution in [1.82, 2.24) is 9.97 Å². The molecule has 0 radical (unpaired) electrons. The Hall–Kier alpha value is -2.14. The molecule has 2 heterocycles. The second kappa shape index (κ2) is 5.69. The van der Waals surface area contributed by atoms with Crippen molar-refractivity contribution in [2.45, 2.75) is 25.7 Å². The second-order valence-corrected chi connectivity index (χ2v) is 5.35. The lowest BCUT2D eigenvalue weighted by Crippen LogP contribution is -2.22. The van der Waals surface area contributed by atoms with Crippen molar-refractivity contribution >= 4 is 11.5 Å². The van der Waals surface area contributed by atoms with Gasteiger partial charge in [0, 0.05) is 30.6 Å². The van der Waals surface area contributed by atoms with Crippen LogP contribution in [-0.4, -0.2) is 23.1 Å². The van der Waals surface area contributed by atoms with Gasteiger partial charge in [0.1, 0.15) is 11.6 Å². The van der Waals surface area contributed by atoms with Gasteiger partial charge >= 0.3 is 0 Å². The summed E-state index contributed by atoms with van der Waals surface area (Å²) >= 11 is 0. The molecule has 110 valence electrons. The number of H-pyrrole nitrogens is 1. The van der Waals surface area contributed by atoms with Crippen molar-refractivity contribution in [2.24, 2.45) is 5.73 Å². The lowest BCUT2D eigenvalue weighted by molar-refractivity contribution is 0.666. The average molecular weight is 284 g/mol. The smallest absolute Gasteiger partial charge is 0.252 e. The number of benzene rings is 1. The van der Waals surface area contributed by atoms with E-state index in [2.05, 4.69) is 33.1 Å². The monoisotopic (exact) mass is 284 g/mol. The Balaban J connectivity index is 2.04. The van der Waals surface area contributed by atoms with Crippen LogP contribution in [0.4, 0.5) is 11.5 Å². The highest BCUT2D eigenvalue weighted by Crippen LogP contribution is 2.40. The van der Waals surface area contributed by atoms with Gasteiger partial charge in [0.2, 0.25) is 0 Å². The number of aryl methyl sites for hydroxylation is 1. The number of hydrogen-bond acceptors (Lipinski definition) is 4. The van der Waals surface area contributed by atoms with E-state index in [9.17, 15) is 4.79 Å². The van der Waals surface area contributed by atoms with E-state index >= 15 is 0 Å². The number of aromatic amines is 1. The van der Waals surface area contributed by atoms with E-state index in [1.807, 2.05) is 13.0 Å². The summed E-state index contributed by atoms with van der Waals surface area (Å²) < 4.78 is 0. The summed E-state index contributed by atoms with van der Waals surface area (Å²) in [6.45, 7) is 3.48. The van der Waals surface area contributed by atoms with E-state index in [-0.39, 0.29) is 5.56 Å². The highest BCUT2D eigenvalue weighted by Gasteiger charge is 2.29. The molecular weight excluding hydrogens is 264 g/mol. The molecule has 5 nitrogen and oxygen atoms in total. The zero-order chi connectivity index (χ0) is 14.8. The van der Waals surface area contributed by atoms with Crippen LogP contribution in [0, 0.1) is 0 Å². The summed E-state index contributed by atoms with van der Waals surface area (Å²) in [6, 6.07) is 9.86. The lowest BCUT2D eigenvalue weighted by atomic mass is 9.98. The third kappa shape index (κ3) is 2.56. The number of nitrogens with zero attached hydrogens (tertiary/aromatic N) is 2. The molecule has 0 spiro atoms. The first-order valence-corrected chi connectivity index (χ1v) is 7.39. The molecule has 2 aromatic rings. The maximum Gasteiger partial charge on any atom is 0.252 e. The van der Waals surface area contributed by atoms with E-state index in [0.29, 0.717) is 18.9 Å². The Morgan fingerprint density at radius 1 is 1.43 bits per heavy atom.